The van der Waals surface area contributed by atoms with Gasteiger partial charge in [-0.05, 0) is 13.0 Å². The van der Waals surface area contributed by atoms with Crippen LogP contribution in [0, 0.1) is 0 Å². The van der Waals surface area contributed by atoms with E-state index < -0.39 is 12.0 Å². The first-order valence-electron chi connectivity index (χ1n) is 5.86. The van der Waals surface area contributed by atoms with Gasteiger partial charge in [0.25, 0.3) is 0 Å². The number of carbonyl (C=O) groups is 2. The van der Waals surface area contributed by atoms with E-state index in [1.807, 2.05) is 0 Å². The lowest BCUT2D eigenvalue weighted by atomic mass is 10.2. The van der Waals surface area contributed by atoms with Crippen molar-refractivity contribution in [2.45, 2.75) is 19.5 Å². The lowest BCUT2D eigenvalue weighted by molar-refractivity contribution is -0.123. The highest BCUT2D eigenvalue weighted by Crippen LogP contribution is 2.10. The van der Waals surface area contributed by atoms with Crippen LogP contribution in [-0.2, 0) is 16.1 Å². The standard InChI is InChI=1S/C12H18N2O5/c1-8(11(15)13-4-6-18-2)14-7-10-9(12(16)17)3-5-19-10/h3,5,8,14H,4,6-7H2,1-2H3,(H,13,15)(H,16,17). The summed E-state index contributed by atoms with van der Waals surface area (Å²) in [7, 11) is 1.55. The van der Waals surface area contributed by atoms with E-state index in [9.17, 15) is 9.59 Å². The Hall–Kier alpha value is -1.86. The maximum Gasteiger partial charge on any atom is 0.339 e. The van der Waals surface area contributed by atoms with Crippen LogP contribution in [-0.4, -0.2) is 43.3 Å². The Morgan fingerprint density at radius 1 is 1.53 bits per heavy atom. The molecule has 0 saturated carbocycles. The molecule has 0 fully saturated rings. The zero-order valence-electron chi connectivity index (χ0n) is 10.9. The van der Waals surface area contributed by atoms with Crippen LogP contribution in [0.3, 0.4) is 0 Å². The van der Waals surface area contributed by atoms with Gasteiger partial charge in [-0.3, -0.25) is 10.1 Å². The molecule has 0 radical (unpaired) electrons. The van der Waals surface area contributed by atoms with Crippen molar-refractivity contribution in [1.82, 2.24) is 10.6 Å². The van der Waals surface area contributed by atoms with E-state index in [1.165, 1.54) is 12.3 Å². The molecule has 1 heterocycles. The molecular formula is C12H18N2O5. The molecule has 7 nitrogen and oxygen atoms in total. The van der Waals surface area contributed by atoms with Crippen LogP contribution < -0.4 is 10.6 Å². The van der Waals surface area contributed by atoms with Gasteiger partial charge in [0.15, 0.2) is 0 Å². The van der Waals surface area contributed by atoms with Gasteiger partial charge in [-0.1, -0.05) is 0 Å². The number of furan rings is 1. The van der Waals surface area contributed by atoms with Crippen LogP contribution in [0.5, 0.6) is 0 Å². The Labute approximate surface area is 110 Å². The molecule has 1 atom stereocenters. The lowest BCUT2D eigenvalue weighted by Crippen LogP contribution is -2.42. The fraction of sp³-hybridized carbons (Fsp3) is 0.500. The molecule has 0 aliphatic heterocycles. The number of ether oxygens (including phenoxy) is 1. The average Bonchev–Trinajstić information content (AvgIpc) is 2.84. The van der Waals surface area contributed by atoms with Crippen LogP contribution in [0.2, 0.25) is 0 Å². The van der Waals surface area contributed by atoms with Crippen LogP contribution in [0.25, 0.3) is 0 Å². The molecule has 7 heteroatoms. The fourth-order valence-corrected chi connectivity index (χ4v) is 1.44. The Morgan fingerprint density at radius 3 is 2.89 bits per heavy atom. The number of hydrogen-bond acceptors (Lipinski definition) is 5. The van der Waals surface area contributed by atoms with E-state index in [-0.39, 0.29) is 18.0 Å². The van der Waals surface area contributed by atoms with Crippen molar-refractivity contribution >= 4 is 11.9 Å². The minimum absolute atomic E-state index is 0.0968. The monoisotopic (exact) mass is 270 g/mol. The Kier molecular flexibility index (Phi) is 6.04. The van der Waals surface area contributed by atoms with Gasteiger partial charge in [0, 0.05) is 13.7 Å². The summed E-state index contributed by atoms with van der Waals surface area (Å²) in [6.45, 7) is 2.74. The topological polar surface area (TPSA) is 101 Å². The maximum atomic E-state index is 11.6. The molecule has 1 aromatic rings. The number of rotatable bonds is 8. The molecule has 1 unspecified atom stereocenters. The first-order valence-corrected chi connectivity index (χ1v) is 5.86. The third-order valence-corrected chi connectivity index (χ3v) is 2.54. The molecular weight excluding hydrogens is 252 g/mol. The second-order valence-corrected chi connectivity index (χ2v) is 3.95. The number of methoxy groups -OCH3 is 1. The minimum atomic E-state index is -1.05. The fourth-order valence-electron chi connectivity index (χ4n) is 1.44. The van der Waals surface area contributed by atoms with Crippen molar-refractivity contribution in [3.63, 3.8) is 0 Å². The zero-order chi connectivity index (χ0) is 14.3. The zero-order valence-corrected chi connectivity index (χ0v) is 10.9. The minimum Gasteiger partial charge on any atom is -0.478 e. The molecule has 0 bridgehead atoms. The molecule has 1 aromatic heterocycles. The molecule has 106 valence electrons. The number of carboxylic acid groups (broad SMARTS) is 1. The number of carboxylic acids is 1. The van der Waals surface area contributed by atoms with Crippen LogP contribution in [0.15, 0.2) is 16.7 Å². The highest BCUT2D eigenvalue weighted by molar-refractivity contribution is 5.88. The normalized spacial score (nSPS) is 12.1. The highest BCUT2D eigenvalue weighted by Gasteiger charge is 2.16. The predicted octanol–water partition coefficient (Wildman–Crippen LogP) is 0.219. The SMILES string of the molecule is COCCNC(=O)C(C)NCc1occc1C(=O)O. The first kappa shape index (κ1) is 15.2. The Bertz CT molecular complexity index is 430. The lowest BCUT2D eigenvalue weighted by Gasteiger charge is -2.13. The van der Waals surface area contributed by atoms with Crippen molar-refractivity contribution in [3.8, 4) is 0 Å². The van der Waals surface area contributed by atoms with Crippen molar-refractivity contribution in [1.29, 1.82) is 0 Å². The molecule has 0 aliphatic carbocycles. The van der Waals surface area contributed by atoms with Crippen LogP contribution in [0.4, 0.5) is 0 Å². The summed E-state index contributed by atoms with van der Waals surface area (Å²) in [6, 6.07) is 0.923. The van der Waals surface area contributed by atoms with Gasteiger partial charge in [0.05, 0.1) is 25.5 Å². The highest BCUT2D eigenvalue weighted by atomic mass is 16.5. The molecule has 0 spiro atoms. The van der Waals surface area contributed by atoms with Gasteiger partial charge < -0.3 is 19.6 Å². The molecule has 1 amide bonds. The Balaban J connectivity index is 2.41. The first-order chi connectivity index (χ1) is 9.06. The van der Waals surface area contributed by atoms with Crippen LogP contribution >= 0.6 is 0 Å². The van der Waals surface area contributed by atoms with Gasteiger partial charge in [-0.25, -0.2) is 4.79 Å². The third-order valence-electron chi connectivity index (χ3n) is 2.54. The van der Waals surface area contributed by atoms with E-state index in [2.05, 4.69) is 10.6 Å². The molecule has 0 saturated heterocycles. The maximum absolute atomic E-state index is 11.6. The van der Waals surface area contributed by atoms with Gasteiger partial charge in [-0.2, -0.15) is 0 Å². The molecule has 0 aromatic carbocycles. The second-order valence-electron chi connectivity index (χ2n) is 3.95. The predicted molar refractivity (Wildman–Crippen MR) is 66.9 cm³/mol. The summed E-state index contributed by atoms with van der Waals surface area (Å²) in [4.78, 5) is 22.5. The number of aromatic carboxylic acids is 1. The summed E-state index contributed by atoms with van der Waals surface area (Å²) in [5, 5.41) is 14.5. The molecule has 3 N–H and O–H groups in total. The molecule has 0 aliphatic rings. The van der Waals surface area contributed by atoms with Gasteiger partial charge in [-0.15, -0.1) is 0 Å². The summed E-state index contributed by atoms with van der Waals surface area (Å²) in [5.41, 5.74) is 0.0968. The number of hydrogen-bond donors (Lipinski definition) is 3. The number of carbonyl (C=O) groups excluding carboxylic acids is 1. The summed E-state index contributed by atoms with van der Waals surface area (Å²) < 4.78 is 9.88. The van der Waals surface area contributed by atoms with Gasteiger partial charge >= 0.3 is 5.97 Å². The van der Waals surface area contributed by atoms with E-state index in [0.717, 1.165) is 0 Å². The molecule has 19 heavy (non-hydrogen) atoms. The molecule has 1 rings (SSSR count). The summed E-state index contributed by atoms with van der Waals surface area (Å²) in [6.07, 6.45) is 1.31. The van der Waals surface area contributed by atoms with E-state index in [4.69, 9.17) is 14.3 Å². The van der Waals surface area contributed by atoms with Crippen molar-refractivity contribution in [2.24, 2.45) is 0 Å². The summed E-state index contributed by atoms with van der Waals surface area (Å²) >= 11 is 0. The quantitative estimate of drug-likeness (QED) is 0.584. The number of nitrogens with one attached hydrogen (secondary N) is 2. The van der Waals surface area contributed by atoms with Crippen LogP contribution in [0.1, 0.15) is 23.0 Å². The summed E-state index contributed by atoms with van der Waals surface area (Å²) in [5.74, 6) is -0.938. The largest absolute Gasteiger partial charge is 0.478 e. The van der Waals surface area contributed by atoms with Crippen molar-refractivity contribution < 1.29 is 23.8 Å². The Morgan fingerprint density at radius 2 is 2.26 bits per heavy atom. The van der Waals surface area contributed by atoms with Gasteiger partial charge in [0.2, 0.25) is 5.91 Å². The second kappa shape index (κ2) is 7.55. The van der Waals surface area contributed by atoms with Crippen molar-refractivity contribution in [2.75, 3.05) is 20.3 Å². The van der Waals surface area contributed by atoms with E-state index >= 15 is 0 Å². The van der Waals surface area contributed by atoms with Gasteiger partial charge in [0.1, 0.15) is 11.3 Å². The average molecular weight is 270 g/mol. The van der Waals surface area contributed by atoms with Crippen molar-refractivity contribution in [3.05, 3.63) is 23.7 Å². The number of amides is 1. The smallest absolute Gasteiger partial charge is 0.339 e. The van der Waals surface area contributed by atoms with E-state index in [1.54, 1.807) is 14.0 Å². The van der Waals surface area contributed by atoms with E-state index in [0.29, 0.717) is 18.9 Å². The third kappa shape index (κ3) is 4.72.